The first-order valence-corrected chi connectivity index (χ1v) is 9.02. The van der Waals surface area contributed by atoms with Gasteiger partial charge in [0.2, 0.25) is 10.0 Å². The zero-order chi connectivity index (χ0) is 16.2. The maximum absolute atomic E-state index is 12.2. The van der Waals surface area contributed by atoms with Gasteiger partial charge in [0.05, 0.1) is 23.1 Å². The fourth-order valence-electron chi connectivity index (χ4n) is 2.43. The highest BCUT2D eigenvalue weighted by Gasteiger charge is 2.20. The highest BCUT2D eigenvalue weighted by Crippen LogP contribution is 2.26. The van der Waals surface area contributed by atoms with E-state index in [9.17, 15) is 13.5 Å². The van der Waals surface area contributed by atoms with E-state index in [1.165, 1.54) is 25.3 Å². The van der Waals surface area contributed by atoms with Crippen LogP contribution in [0.5, 0.6) is 5.75 Å². The number of nitrogens with zero attached hydrogens (tertiary/aromatic N) is 1. The molecule has 1 unspecified atom stereocenters. The van der Waals surface area contributed by atoms with Gasteiger partial charge in [-0.15, -0.1) is 0 Å². The number of sulfonamides is 1. The topological polar surface area (TPSA) is 78.9 Å². The normalized spacial score (nSPS) is 17.6. The van der Waals surface area contributed by atoms with Gasteiger partial charge in [0.1, 0.15) is 5.75 Å². The van der Waals surface area contributed by atoms with Crippen LogP contribution in [0.25, 0.3) is 0 Å². The van der Waals surface area contributed by atoms with Gasteiger partial charge in [-0.2, -0.15) is 0 Å². The molecule has 22 heavy (non-hydrogen) atoms. The molecule has 6 nitrogen and oxygen atoms in total. The number of likely N-dealkylation sites (tertiary alicyclic amines) is 1. The van der Waals surface area contributed by atoms with Gasteiger partial charge in [-0.25, -0.2) is 13.1 Å². The van der Waals surface area contributed by atoms with E-state index in [1.807, 2.05) is 0 Å². The van der Waals surface area contributed by atoms with E-state index in [0.29, 0.717) is 12.3 Å². The van der Waals surface area contributed by atoms with Crippen molar-refractivity contribution in [2.45, 2.75) is 23.8 Å². The van der Waals surface area contributed by atoms with Crippen LogP contribution in [0.4, 0.5) is 0 Å². The SMILES string of the molecule is COc1ccc(S(=O)(=O)NCC(O)CN2CCCC2)cc1Cl. The first-order chi connectivity index (χ1) is 10.4. The summed E-state index contributed by atoms with van der Waals surface area (Å²) < 4.78 is 31.8. The third-order valence-electron chi connectivity index (χ3n) is 3.61. The van der Waals surface area contributed by atoms with Crippen LogP contribution in [0, 0.1) is 0 Å². The number of hydrogen-bond donors (Lipinski definition) is 2. The molecule has 2 N–H and O–H groups in total. The van der Waals surface area contributed by atoms with Crippen molar-refractivity contribution in [3.8, 4) is 5.75 Å². The van der Waals surface area contributed by atoms with Gasteiger partial charge in [0, 0.05) is 13.1 Å². The molecule has 1 aliphatic rings. The number of methoxy groups -OCH3 is 1. The van der Waals surface area contributed by atoms with Gasteiger partial charge >= 0.3 is 0 Å². The van der Waals surface area contributed by atoms with Crippen molar-refractivity contribution < 1.29 is 18.3 Å². The molecule has 8 heteroatoms. The lowest BCUT2D eigenvalue weighted by atomic mass is 10.3. The summed E-state index contributed by atoms with van der Waals surface area (Å²) in [7, 11) is -2.24. The first-order valence-electron chi connectivity index (χ1n) is 7.16. The fraction of sp³-hybridized carbons (Fsp3) is 0.571. The van der Waals surface area contributed by atoms with Crippen LogP contribution in [0.15, 0.2) is 23.1 Å². The molecule has 1 heterocycles. The summed E-state index contributed by atoms with van der Waals surface area (Å²) in [4.78, 5) is 2.18. The molecule has 0 saturated carbocycles. The third kappa shape index (κ3) is 4.57. The summed E-state index contributed by atoms with van der Waals surface area (Å²) in [5, 5.41) is 10.2. The van der Waals surface area contributed by atoms with Crippen LogP contribution in [0.2, 0.25) is 5.02 Å². The van der Waals surface area contributed by atoms with Crippen molar-refractivity contribution in [3.63, 3.8) is 0 Å². The van der Waals surface area contributed by atoms with Crippen LogP contribution in [0.3, 0.4) is 0 Å². The molecule has 0 aromatic heterocycles. The summed E-state index contributed by atoms with van der Waals surface area (Å²) >= 11 is 5.94. The second-order valence-corrected chi connectivity index (χ2v) is 7.48. The van der Waals surface area contributed by atoms with Crippen molar-refractivity contribution in [1.82, 2.24) is 9.62 Å². The number of benzene rings is 1. The number of halogens is 1. The minimum absolute atomic E-state index is 0.0253. The lowest BCUT2D eigenvalue weighted by Crippen LogP contribution is -2.39. The number of rotatable bonds is 7. The third-order valence-corrected chi connectivity index (χ3v) is 5.33. The van der Waals surface area contributed by atoms with Crippen molar-refractivity contribution in [2.75, 3.05) is 33.3 Å². The average molecular weight is 349 g/mol. The molecule has 1 aromatic rings. The molecule has 1 fully saturated rings. The average Bonchev–Trinajstić information content (AvgIpc) is 2.98. The number of hydrogen-bond acceptors (Lipinski definition) is 5. The Balaban J connectivity index is 1.94. The van der Waals surface area contributed by atoms with Crippen LogP contribution < -0.4 is 9.46 Å². The molecule has 1 aromatic carbocycles. The predicted octanol–water partition coefficient (Wildman–Crippen LogP) is 1.08. The largest absolute Gasteiger partial charge is 0.495 e. The molecule has 0 radical (unpaired) electrons. The molecular formula is C14H21ClN2O4S. The highest BCUT2D eigenvalue weighted by molar-refractivity contribution is 7.89. The molecule has 0 spiro atoms. The molecule has 2 rings (SSSR count). The van der Waals surface area contributed by atoms with Crippen LogP contribution in [0.1, 0.15) is 12.8 Å². The minimum Gasteiger partial charge on any atom is -0.495 e. The number of ether oxygens (including phenoxy) is 1. The smallest absolute Gasteiger partial charge is 0.240 e. The number of nitrogens with one attached hydrogen (secondary N) is 1. The Labute approximate surface area is 136 Å². The van der Waals surface area contributed by atoms with E-state index in [4.69, 9.17) is 16.3 Å². The minimum atomic E-state index is -3.70. The van der Waals surface area contributed by atoms with Crippen molar-refractivity contribution in [1.29, 1.82) is 0 Å². The Morgan fingerprint density at radius 3 is 2.68 bits per heavy atom. The lowest BCUT2D eigenvalue weighted by molar-refractivity contribution is 0.128. The fourth-order valence-corrected chi connectivity index (χ4v) is 3.85. The van der Waals surface area contributed by atoms with E-state index in [0.717, 1.165) is 25.9 Å². The molecule has 0 bridgehead atoms. The van der Waals surface area contributed by atoms with E-state index >= 15 is 0 Å². The Morgan fingerprint density at radius 2 is 2.09 bits per heavy atom. The standard InChI is InChI=1S/C14H21ClN2O4S/c1-21-14-5-4-12(8-13(14)15)22(19,20)16-9-11(18)10-17-6-2-3-7-17/h4-5,8,11,16,18H,2-3,6-7,9-10H2,1H3. The molecule has 0 aliphatic carbocycles. The first kappa shape index (κ1) is 17.5. The van der Waals surface area contributed by atoms with Crippen LogP contribution in [-0.4, -0.2) is 57.8 Å². The number of aliphatic hydroxyl groups is 1. The van der Waals surface area contributed by atoms with Crippen molar-refractivity contribution in [2.24, 2.45) is 0 Å². The molecule has 1 aliphatic heterocycles. The second kappa shape index (κ2) is 7.61. The Kier molecular flexibility index (Phi) is 6.05. The molecular weight excluding hydrogens is 328 g/mol. The van der Waals surface area contributed by atoms with Gasteiger partial charge < -0.3 is 14.7 Å². The number of β-amino-alcohol motifs (C(OH)–C–C–N with tert-alkyl or cyclic N) is 1. The van der Waals surface area contributed by atoms with Gasteiger partial charge in [-0.3, -0.25) is 0 Å². The van der Waals surface area contributed by atoms with E-state index < -0.39 is 16.1 Å². The highest BCUT2D eigenvalue weighted by atomic mass is 35.5. The second-order valence-electron chi connectivity index (χ2n) is 5.31. The zero-order valence-corrected chi connectivity index (χ0v) is 14.0. The van der Waals surface area contributed by atoms with Gasteiger partial charge in [-0.05, 0) is 44.1 Å². The summed E-state index contributed by atoms with van der Waals surface area (Å²) in [5.74, 6) is 0.412. The zero-order valence-electron chi connectivity index (χ0n) is 12.5. The Morgan fingerprint density at radius 1 is 1.41 bits per heavy atom. The van der Waals surface area contributed by atoms with Gasteiger partial charge in [0.15, 0.2) is 0 Å². The van der Waals surface area contributed by atoms with Crippen LogP contribution in [-0.2, 0) is 10.0 Å². The summed E-state index contributed by atoms with van der Waals surface area (Å²) in [6.45, 7) is 2.37. The summed E-state index contributed by atoms with van der Waals surface area (Å²) in [6, 6.07) is 4.24. The Bertz CT molecular complexity index is 603. The van der Waals surface area contributed by atoms with Gasteiger partial charge in [-0.1, -0.05) is 11.6 Å². The van der Waals surface area contributed by atoms with E-state index in [-0.39, 0.29) is 16.5 Å². The molecule has 124 valence electrons. The maximum atomic E-state index is 12.2. The van der Waals surface area contributed by atoms with Gasteiger partial charge in [0.25, 0.3) is 0 Å². The van der Waals surface area contributed by atoms with Crippen LogP contribution >= 0.6 is 11.6 Å². The Hall–Kier alpha value is -0.860. The number of aliphatic hydroxyl groups excluding tert-OH is 1. The monoisotopic (exact) mass is 348 g/mol. The molecule has 1 saturated heterocycles. The van der Waals surface area contributed by atoms with Crippen molar-refractivity contribution >= 4 is 21.6 Å². The summed E-state index contributed by atoms with van der Waals surface area (Å²) in [5.41, 5.74) is 0. The van der Waals surface area contributed by atoms with Crippen molar-refractivity contribution in [3.05, 3.63) is 23.2 Å². The predicted molar refractivity (Wildman–Crippen MR) is 84.9 cm³/mol. The lowest BCUT2D eigenvalue weighted by Gasteiger charge is -2.19. The molecule has 1 atom stereocenters. The maximum Gasteiger partial charge on any atom is 0.240 e. The summed E-state index contributed by atoms with van der Waals surface area (Å²) in [6.07, 6.45) is 1.52. The molecule has 0 amide bonds. The quantitative estimate of drug-likeness (QED) is 0.771. The van der Waals surface area contributed by atoms with E-state index in [2.05, 4.69) is 9.62 Å². The van der Waals surface area contributed by atoms with E-state index in [1.54, 1.807) is 0 Å².